The van der Waals surface area contributed by atoms with Crippen molar-refractivity contribution >= 4 is 85.6 Å². The standard InChI is InChI=1S/C27H27N5O2.C27H25N5O2.C25H19F5N6O.C22H18F4N4O3/c1-32(2)15-16-34-22-7-3-19(4-8-22)27-29-25(18-11-13-28-14-12-18)26(30-27)21-5-9-23-20(17-21)6-10-24(23)31-33;1-17-8-9-21(31-25(33)18-6-5-7-19(12-18)27(2,3)15-28)14-24(17)30-20-10-11-23-22(13-20)26(34)32(4)16-29-23;1-24(26,27)21-13-32-22(35-21)19-12-17(9-10-31-19)37-16-7-8-20-18(11-16)34-23(36(20)2)33-15-5-3-14(4-6-15)25(28,29)30;1-12-3-4-13(9-16(12)22(24,25)26)29-21(32)30-18-6-5-14(10-17(18)23)33-15-7-8-28-19(11-15)20(31)27-2/h3-5,7-9,11-14,17,33H,6,10,15-16H2,1-2H3,(H,29,30);5-14,16,30H,1-4H3,(H,31,33);3-13H,1-2H3,(H,32,35)(H,33,34);3-11H,1-2H3,(H,27,31)(H2,29,30,32)/b31-24+;;;. The van der Waals surface area contributed by atoms with Gasteiger partial charge in [-0.15, -0.1) is 0 Å². The zero-order valence-electron chi connectivity index (χ0n) is 75.7. The van der Waals surface area contributed by atoms with Crippen molar-refractivity contribution in [1.82, 2.24) is 64.2 Å². The van der Waals surface area contributed by atoms with E-state index >= 15 is 0 Å². The molecule has 9 N–H and O–H groups in total. The fraction of sp³-hybridized carbons (Fsp3) is 0.178. The molecule has 0 radical (unpaired) electrons. The normalized spacial score (nSPS) is 12.1. The number of imidazole rings is 3. The Morgan fingerprint density at radius 1 is 0.587 bits per heavy atom. The van der Waals surface area contributed by atoms with Crippen molar-refractivity contribution in [3.63, 3.8) is 0 Å². The molecule has 7 aromatic heterocycles. The molecule has 1 aliphatic rings. The van der Waals surface area contributed by atoms with Crippen LogP contribution in [0.5, 0.6) is 28.7 Å². The molecule has 1 aliphatic carbocycles. The van der Waals surface area contributed by atoms with E-state index in [1.54, 1.807) is 91.7 Å². The average molecular weight is 1880 g/mol. The fourth-order valence-corrected chi connectivity index (χ4v) is 14.3. The van der Waals surface area contributed by atoms with Crippen molar-refractivity contribution in [2.75, 3.05) is 60.9 Å². The summed E-state index contributed by atoms with van der Waals surface area (Å²) in [5.74, 6) is -1.15. The molecule has 138 heavy (non-hydrogen) atoms. The van der Waals surface area contributed by atoms with Crippen LogP contribution < -0.4 is 51.7 Å². The monoisotopic (exact) mass is 1880 g/mol. The number of rotatable bonds is 23. The number of ether oxygens (including phenoxy) is 3. The molecule has 0 bridgehead atoms. The Bertz CT molecular complexity index is 7320. The number of anilines is 7. The number of amides is 4. The highest BCUT2D eigenvalue weighted by Gasteiger charge is 2.34. The van der Waals surface area contributed by atoms with Gasteiger partial charge in [-0.3, -0.25) is 29.3 Å². The largest absolute Gasteiger partial charge is 0.492 e. The molecule has 16 aromatic rings. The molecular weight excluding hydrogens is 1790 g/mol. The zero-order valence-corrected chi connectivity index (χ0v) is 75.7. The number of oxime groups is 1. The first-order valence-electron chi connectivity index (χ1n) is 42.6. The molecule has 4 amide bonds. The van der Waals surface area contributed by atoms with Gasteiger partial charge >= 0.3 is 18.4 Å². The number of alkyl halides is 8. The maximum atomic E-state index is 14.4. The number of likely N-dealkylation sites (N-methyl/N-ethyl adjacent to an activating group) is 1. The van der Waals surface area contributed by atoms with Crippen LogP contribution in [0.1, 0.15) is 92.7 Å². The number of halogens is 9. The maximum absolute atomic E-state index is 14.4. The average Bonchev–Trinajstić information content (AvgIpc) is 1.62. The second-order valence-electron chi connectivity index (χ2n) is 32.6. The minimum absolute atomic E-state index is 0.00623. The van der Waals surface area contributed by atoms with Crippen LogP contribution in [0.25, 0.3) is 67.4 Å². The number of urea groups is 1. The summed E-state index contributed by atoms with van der Waals surface area (Å²) in [5, 5.41) is 38.8. The molecular formula is C101H89F9N20O8. The van der Waals surface area contributed by atoms with Gasteiger partial charge in [0.05, 0.1) is 79.9 Å². The topological polar surface area (TPSA) is 359 Å². The summed E-state index contributed by atoms with van der Waals surface area (Å²) in [7, 11) is 8.95. The molecule has 37 heteroatoms. The zero-order chi connectivity index (χ0) is 98.5. The van der Waals surface area contributed by atoms with Crippen molar-refractivity contribution in [2.24, 2.45) is 19.3 Å². The van der Waals surface area contributed by atoms with Gasteiger partial charge in [0.2, 0.25) is 5.95 Å². The van der Waals surface area contributed by atoms with Crippen LogP contribution in [0.4, 0.5) is 84.4 Å². The minimum Gasteiger partial charge on any atom is -0.492 e. The summed E-state index contributed by atoms with van der Waals surface area (Å²) in [6.07, 6.45) is 1.60. The number of carbonyl (C=O) groups is 3. The summed E-state index contributed by atoms with van der Waals surface area (Å²) in [6.45, 7) is 9.19. The number of aryl methyl sites for hydroxylation is 5. The number of hydrogen-bond donors (Lipinski definition) is 9. The fourth-order valence-electron chi connectivity index (χ4n) is 14.3. The molecule has 0 atom stereocenters. The Morgan fingerprint density at radius 3 is 1.95 bits per heavy atom. The molecule has 28 nitrogen and oxygen atoms in total. The van der Waals surface area contributed by atoms with Crippen molar-refractivity contribution in [3.8, 4) is 80.2 Å². The highest BCUT2D eigenvalue weighted by Crippen LogP contribution is 2.40. The van der Waals surface area contributed by atoms with Gasteiger partial charge in [0, 0.05) is 140 Å². The molecule has 704 valence electrons. The Hall–Kier alpha value is -17.0. The van der Waals surface area contributed by atoms with Gasteiger partial charge in [-0.2, -0.15) is 40.4 Å². The summed E-state index contributed by atoms with van der Waals surface area (Å²) < 4.78 is 139. The second kappa shape index (κ2) is 41.6. The number of hydrogen-bond acceptors (Lipinski definition) is 20. The van der Waals surface area contributed by atoms with Gasteiger partial charge in [0.25, 0.3) is 23.3 Å². The van der Waals surface area contributed by atoms with Crippen molar-refractivity contribution in [3.05, 3.63) is 328 Å². The maximum Gasteiger partial charge on any atom is 0.416 e. The number of nitriles is 1. The lowest BCUT2D eigenvalue weighted by atomic mass is 9.85. The number of H-pyrrole nitrogens is 2. The van der Waals surface area contributed by atoms with E-state index in [1.807, 2.05) is 114 Å². The number of pyridine rings is 3. The number of nitrogens with one attached hydrogen (secondary N) is 8. The lowest BCUT2D eigenvalue weighted by molar-refractivity contribution is -0.138. The van der Waals surface area contributed by atoms with Crippen LogP contribution >= 0.6 is 0 Å². The van der Waals surface area contributed by atoms with Gasteiger partial charge in [-0.25, -0.2) is 29.1 Å². The van der Waals surface area contributed by atoms with E-state index in [4.69, 9.17) is 19.2 Å². The SMILES string of the molecule is CN(C)CCOc1ccc(-c2nc(-c3ccc4c(c3)CC/C4=N\O)c(-c3ccncc3)[nH]2)cc1.CNC(=O)c1cc(Oc2ccc(NC(=O)Nc3ccc(C)c(C(F)(F)F)c3)c(F)c2)ccn1.Cc1ccc(NC(=O)c2cccc(C(C)(C)C#N)c2)cc1Nc1ccc2ncn(C)c(=O)c2c1.Cn1c(Nc2ccc(C(F)(F)F)cc2)nc2cc(Oc3ccnc(-c4ncc(C(C)(F)F)[nH]4)c3)ccc21. The summed E-state index contributed by atoms with van der Waals surface area (Å²) in [4.78, 5) is 87.3. The van der Waals surface area contributed by atoms with Gasteiger partial charge in [-0.1, -0.05) is 41.6 Å². The van der Waals surface area contributed by atoms with E-state index in [2.05, 4.69) is 94.0 Å². The summed E-state index contributed by atoms with van der Waals surface area (Å²) in [5.41, 5.74) is 12.0. The number of nitrogens with zero attached hydrogens (tertiary/aromatic N) is 12. The van der Waals surface area contributed by atoms with Crippen LogP contribution in [0, 0.1) is 31.0 Å². The molecule has 17 rings (SSSR count). The summed E-state index contributed by atoms with van der Waals surface area (Å²) >= 11 is 0. The molecule has 0 fully saturated rings. The number of carbonyl (C=O) groups excluding carboxylic acids is 3. The molecule has 7 heterocycles. The van der Waals surface area contributed by atoms with Crippen molar-refractivity contribution in [2.45, 2.75) is 71.2 Å². The van der Waals surface area contributed by atoms with Crippen LogP contribution in [0.2, 0.25) is 0 Å². The first-order chi connectivity index (χ1) is 65.8. The third-order valence-corrected chi connectivity index (χ3v) is 21.9. The highest BCUT2D eigenvalue weighted by molar-refractivity contribution is 6.06. The van der Waals surface area contributed by atoms with Gasteiger partial charge in [-0.05, 0) is 235 Å². The third-order valence-electron chi connectivity index (χ3n) is 21.9. The van der Waals surface area contributed by atoms with Crippen LogP contribution in [0.15, 0.2) is 266 Å². The number of aromatic amines is 2. The number of benzene rings is 9. The number of fused-ring (bicyclic) bond motifs is 3. The van der Waals surface area contributed by atoms with Crippen LogP contribution in [-0.4, -0.2) is 122 Å². The van der Waals surface area contributed by atoms with Gasteiger partial charge in [0.1, 0.15) is 64.1 Å². The van der Waals surface area contributed by atoms with Gasteiger partial charge < -0.3 is 75.3 Å². The lowest BCUT2D eigenvalue weighted by Gasteiger charge is -2.17. The predicted molar refractivity (Wildman–Crippen MR) is 508 cm³/mol. The van der Waals surface area contributed by atoms with E-state index in [-0.39, 0.29) is 57.1 Å². The van der Waals surface area contributed by atoms with E-state index in [0.29, 0.717) is 63.1 Å². The number of aromatic nitrogens is 11. The Morgan fingerprint density at radius 2 is 1.26 bits per heavy atom. The molecule has 0 spiro atoms. The van der Waals surface area contributed by atoms with Crippen LogP contribution in [0.3, 0.4) is 0 Å². The Labute approximate surface area is 783 Å². The lowest BCUT2D eigenvalue weighted by Crippen LogP contribution is -2.20. The molecule has 0 saturated carbocycles. The first-order valence-corrected chi connectivity index (χ1v) is 42.6. The van der Waals surface area contributed by atoms with E-state index in [9.17, 15) is 69.2 Å². The smallest absolute Gasteiger partial charge is 0.416 e. The van der Waals surface area contributed by atoms with Gasteiger partial charge in [0.15, 0.2) is 5.82 Å². The third kappa shape index (κ3) is 23.9. The van der Waals surface area contributed by atoms with Crippen molar-refractivity contribution in [1.29, 1.82) is 5.26 Å². The van der Waals surface area contributed by atoms with E-state index < -0.39 is 52.6 Å². The van der Waals surface area contributed by atoms with Crippen LogP contribution in [-0.2, 0) is 44.2 Å². The Kier molecular flexibility index (Phi) is 29.3. The molecule has 0 unspecified atom stereocenters. The quantitative estimate of drug-likeness (QED) is 0.0163. The first kappa shape index (κ1) is 97.0. The Balaban J connectivity index is 0.000000147. The van der Waals surface area contributed by atoms with E-state index in [1.165, 1.54) is 91.4 Å². The highest BCUT2D eigenvalue weighted by atomic mass is 19.4. The predicted octanol–water partition coefficient (Wildman–Crippen LogP) is 22.3. The molecule has 0 saturated heterocycles. The van der Waals surface area contributed by atoms with Crippen molar-refractivity contribution < 1.29 is 73.3 Å². The van der Waals surface area contributed by atoms with E-state index in [0.717, 1.165) is 136 Å². The molecule has 9 aromatic carbocycles. The second-order valence-corrected chi connectivity index (χ2v) is 32.6. The molecule has 0 aliphatic heterocycles. The minimum atomic E-state index is -4.57. The summed E-state index contributed by atoms with van der Waals surface area (Å²) in [6, 6.07) is 60.5.